The maximum absolute atomic E-state index is 13.3. The van der Waals surface area contributed by atoms with Gasteiger partial charge in [-0.1, -0.05) is 41.9 Å². The van der Waals surface area contributed by atoms with Crippen LogP contribution < -0.4 is 20.1 Å². The molecule has 16 heteroatoms. The molecule has 0 spiro atoms. The van der Waals surface area contributed by atoms with Gasteiger partial charge in [0.05, 0.1) is 29.5 Å². The van der Waals surface area contributed by atoms with Crippen LogP contribution in [0.3, 0.4) is 0 Å². The minimum atomic E-state index is -3.92. The highest BCUT2D eigenvalue weighted by Gasteiger charge is 2.37. The minimum absolute atomic E-state index is 0.00418. The van der Waals surface area contributed by atoms with Crippen LogP contribution >= 0.6 is 23.5 Å². The Morgan fingerprint density at radius 3 is 2.62 bits per heavy atom. The number of nitrogens with zero attached hydrogens (tertiary/aromatic N) is 2. The number of nitrogens with one attached hydrogen (secondary N) is 4. The van der Waals surface area contributed by atoms with Crippen molar-refractivity contribution in [2.45, 2.75) is 99.4 Å². The summed E-state index contributed by atoms with van der Waals surface area (Å²) >= 11 is 7.85. The molecule has 280 valence electrons. The topological polar surface area (TPSA) is 179 Å². The fourth-order valence-electron chi connectivity index (χ4n) is 6.27. The van der Waals surface area contributed by atoms with E-state index in [2.05, 4.69) is 25.1 Å². The number of benzene rings is 2. The summed E-state index contributed by atoms with van der Waals surface area (Å²) < 4.78 is 37.8. The van der Waals surface area contributed by atoms with E-state index in [1.165, 1.54) is 16.8 Å². The molecule has 1 aromatic heterocycles. The molecule has 1 saturated heterocycles. The second kappa shape index (κ2) is 18.3. The first kappa shape index (κ1) is 39.5. The lowest BCUT2D eigenvalue weighted by molar-refractivity contribution is -0.150. The number of aryl methyl sites for hydroxylation is 2. The second-order valence-corrected chi connectivity index (χ2v) is 15.8. The number of pyridine rings is 1. The Bertz CT molecular complexity index is 1820. The van der Waals surface area contributed by atoms with E-state index in [1.807, 2.05) is 42.5 Å². The van der Waals surface area contributed by atoms with Crippen molar-refractivity contribution in [2.24, 2.45) is 0 Å². The Morgan fingerprint density at radius 1 is 1.13 bits per heavy atom. The van der Waals surface area contributed by atoms with E-state index in [-0.39, 0.29) is 35.1 Å². The number of aliphatic carboxylic acids is 1. The predicted molar refractivity (Wildman–Crippen MR) is 199 cm³/mol. The number of sulfonamides is 1. The minimum Gasteiger partial charge on any atom is -0.480 e. The van der Waals surface area contributed by atoms with Crippen LogP contribution in [0.1, 0.15) is 62.8 Å². The maximum Gasteiger partial charge on any atom is 0.326 e. The number of amides is 1. The molecule has 2 aromatic carbocycles. The molecule has 1 unspecified atom stereocenters. The second-order valence-electron chi connectivity index (χ2n) is 12.8. The van der Waals surface area contributed by atoms with Gasteiger partial charge in [0.1, 0.15) is 17.0 Å². The predicted octanol–water partition coefficient (Wildman–Crippen LogP) is 4.50. The zero-order valence-corrected chi connectivity index (χ0v) is 31.5. The van der Waals surface area contributed by atoms with Crippen LogP contribution in [0, 0.1) is 0 Å². The number of anilines is 1. The summed E-state index contributed by atoms with van der Waals surface area (Å²) in [6.07, 6.45) is 5.96. The molecule has 2 aliphatic rings. The molecular weight excluding hydrogens is 728 g/mol. The number of aromatic nitrogens is 1. The summed E-state index contributed by atoms with van der Waals surface area (Å²) in [4.78, 5) is 43.8. The molecule has 5 rings (SSSR count). The van der Waals surface area contributed by atoms with Gasteiger partial charge in [0.25, 0.3) is 0 Å². The highest BCUT2D eigenvalue weighted by atomic mass is 35.5. The number of carboxylic acid groups (broad SMARTS) is 1. The van der Waals surface area contributed by atoms with E-state index < -0.39 is 40.1 Å². The van der Waals surface area contributed by atoms with Crippen molar-refractivity contribution in [1.29, 1.82) is 0 Å². The van der Waals surface area contributed by atoms with Crippen LogP contribution in [-0.2, 0) is 48.5 Å². The van der Waals surface area contributed by atoms with Crippen LogP contribution in [0.2, 0.25) is 5.02 Å². The lowest BCUT2D eigenvalue weighted by Gasteiger charge is -2.28. The average Bonchev–Trinajstić information content (AvgIpc) is 3.64. The average molecular weight is 773 g/mol. The van der Waals surface area contributed by atoms with Gasteiger partial charge in [0.15, 0.2) is 0 Å². The zero-order valence-electron chi connectivity index (χ0n) is 29.1. The van der Waals surface area contributed by atoms with Crippen molar-refractivity contribution >= 4 is 57.1 Å². The Morgan fingerprint density at radius 2 is 1.90 bits per heavy atom. The summed E-state index contributed by atoms with van der Waals surface area (Å²) in [7, 11) is -3.92. The smallest absolute Gasteiger partial charge is 0.326 e. The number of halogens is 1. The number of carbonyl (C=O) groups is 3. The molecule has 1 amide bonds. The Kier molecular flexibility index (Phi) is 13.9. The van der Waals surface area contributed by atoms with Gasteiger partial charge in [-0.15, -0.1) is 0 Å². The van der Waals surface area contributed by atoms with Crippen LogP contribution in [0.15, 0.2) is 70.6 Å². The third kappa shape index (κ3) is 10.4. The Hall–Kier alpha value is -3.73. The van der Waals surface area contributed by atoms with Gasteiger partial charge in [-0.2, -0.15) is 0 Å². The maximum atomic E-state index is 13.3. The number of esters is 1. The van der Waals surface area contributed by atoms with Crippen molar-refractivity contribution in [3.05, 3.63) is 82.6 Å². The van der Waals surface area contributed by atoms with Crippen molar-refractivity contribution in [3.8, 4) is 0 Å². The number of likely N-dealkylation sites (tertiary alicyclic amines) is 1. The third-order valence-corrected chi connectivity index (χ3v) is 11.9. The molecular formula is C36H45ClN6O7S2. The monoisotopic (exact) mass is 772 g/mol. The highest BCUT2D eigenvalue weighted by Crippen LogP contribution is 2.37. The molecule has 52 heavy (non-hydrogen) atoms. The molecule has 3 aromatic rings. The summed E-state index contributed by atoms with van der Waals surface area (Å²) in [5.41, 5.74) is 3.51. The first-order chi connectivity index (χ1) is 24.9. The third-order valence-electron chi connectivity index (χ3n) is 9.04. The zero-order chi connectivity index (χ0) is 37.3. The van der Waals surface area contributed by atoms with Crippen LogP contribution in [0.25, 0.3) is 0 Å². The molecule has 5 N–H and O–H groups in total. The number of carboxylic acids is 1. The van der Waals surface area contributed by atoms with Crippen LogP contribution in [0.4, 0.5) is 5.69 Å². The normalized spacial score (nSPS) is 18.2. The number of hydrogen-bond acceptors (Lipinski definition) is 11. The van der Waals surface area contributed by atoms with Crippen molar-refractivity contribution in [3.63, 3.8) is 0 Å². The number of fused-ring (bicyclic) bond motifs is 1. The fraction of sp³-hybridized carbons (Fsp3) is 0.444. The number of hydrogen-bond donors (Lipinski definition) is 5. The quantitative estimate of drug-likeness (QED) is 0.0960. The summed E-state index contributed by atoms with van der Waals surface area (Å²) in [5, 5.41) is 16.0. The van der Waals surface area contributed by atoms with Crippen molar-refractivity contribution in [2.75, 3.05) is 18.5 Å². The standard InChI is InChI=1S/C36H45ClN6O7S2/c1-3-50-36(47)28(40-23(2)34(44)43-19-7-11-30(43)35(45)46)10-6-8-24-12-14-25(15-13-24)22-39-52(48,49)32-21-31-29(20-27(32)37)41-33(42-51-31)17-16-26-9-4-5-18-38-26/h4-5,9,12-15,18,20-21,23,28,30,33,39-42H,3,6-8,10-11,16-17,19,22H2,1-2H3,(H,45,46)/t23-,28-,30-,33?/m0/s1. The van der Waals surface area contributed by atoms with Gasteiger partial charge in [0, 0.05) is 29.9 Å². The first-order valence-electron chi connectivity index (χ1n) is 17.4. The molecule has 0 bridgehead atoms. The number of carbonyl (C=O) groups excluding carboxylic acids is 2. The van der Waals surface area contributed by atoms with Gasteiger partial charge in [-0.25, -0.2) is 22.7 Å². The summed E-state index contributed by atoms with van der Waals surface area (Å²) in [6.45, 7) is 3.97. The van der Waals surface area contributed by atoms with Gasteiger partial charge in [-0.05, 0) is 106 Å². The highest BCUT2D eigenvalue weighted by molar-refractivity contribution is 7.97. The summed E-state index contributed by atoms with van der Waals surface area (Å²) in [6, 6.07) is 14.2. The van der Waals surface area contributed by atoms with Crippen molar-refractivity contribution in [1.82, 2.24) is 24.6 Å². The Labute approximate surface area is 313 Å². The van der Waals surface area contributed by atoms with Gasteiger partial charge < -0.3 is 20.1 Å². The SMILES string of the molecule is CCOC(=O)[C@H](CCCc1ccc(CNS(=O)(=O)c2cc3c(cc2Cl)NC(CCc2ccccn2)NS3)cc1)N[C@@H](C)C(=O)N1CCC[C@H]1C(=O)O. The van der Waals surface area contributed by atoms with E-state index in [1.54, 1.807) is 32.2 Å². The number of rotatable bonds is 17. The van der Waals surface area contributed by atoms with Gasteiger partial charge in [0.2, 0.25) is 15.9 Å². The van der Waals surface area contributed by atoms with E-state index in [9.17, 15) is 27.9 Å². The lowest BCUT2D eigenvalue weighted by Crippen LogP contribution is -2.53. The molecule has 3 heterocycles. The van der Waals surface area contributed by atoms with Gasteiger partial charge >= 0.3 is 11.9 Å². The molecule has 0 radical (unpaired) electrons. The molecule has 13 nitrogen and oxygen atoms in total. The number of ether oxygens (including phenoxy) is 1. The fourth-order valence-corrected chi connectivity index (χ4v) is 8.76. The first-order valence-corrected chi connectivity index (χ1v) is 20.1. The molecule has 0 saturated carbocycles. The summed E-state index contributed by atoms with van der Waals surface area (Å²) in [5.74, 6) is -1.85. The van der Waals surface area contributed by atoms with E-state index in [0.29, 0.717) is 38.6 Å². The van der Waals surface area contributed by atoms with E-state index in [0.717, 1.165) is 40.2 Å². The van der Waals surface area contributed by atoms with Crippen LogP contribution in [0.5, 0.6) is 0 Å². The molecule has 1 fully saturated rings. The molecule has 0 aliphatic carbocycles. The van der Waals surface area contributed by atoms with Gasteiger partial charge in [-0.3, -0.25) is 19.9 Å². The van der Waals surface area contributed by atoms with E-state index >= 15 is 0 Å². The molecule has 2 aliphatic heterocycles. The lowest BCUT2D eigenvalue weighted by atomic mass is 10.0. The van der Waals surface area contributed by atoms with E-state index in [4.69, 9.17) is 16.3 Å². The van der Waals surface area contributed by atoms with Crippen molar-refractivity contribution < 1.29 is 32.6 Å². The van der Waals surface area contributed by atoms with Crippen LogP contribution in [-0.4, -0.2) is 78.7 Å². The Balaban J connectivity index is 1.11. The molecule has 4 atom stereocenters. The largest absolute Gasteiger partial charge is 0.480 e.